The zero-order chi connectivity index (χ0) is 31.9. The van der Waals surface area contributed by atoms with Crippen molar-refractivity contribution in [2.24, 2.45) is 0 Å². The number of H-pyrrole nitrogens is 1. The highest BCUT2D eigenvalue weighted by Crippen LogP contribution is 2.32. The fourth-order valence-electron chi connectivity index (χ4n) is 4.68. The average Bonchev–Trinajstić information content (AvgIpc) is 3.53. The van der Waals surface area contributed by atoms with Gasteiger partial charge >= 0.3 is 0 Å². The summed E-state index contributed by atoms with van der Waals surface area (Å²) in [5.41, 5.74) is 2.04. The molecule has 4 N–H and O–H groups in total. The normalized spacial score (nSPS) is 11.2. The largest absolute Gasteiger partial charge is 0.493 e. The molecule has 0 unspecified atom stereocenters. The van der Waals surface area contributed by atoms with Crippen molar-refractivity contribution in [1.29, 1.82) is 5.41 Å². The Morgan fingerprint density at radius 2 is 1.84 bits per heavy atom. The molecule has 0 bridgehead atoms. The number of amides is 1. The van der Waals surface area contributed by atoms with E-state index < -0.39 is 23.1 Å². The van der Waals surface area contributed by atoms with Crippen LogP contribution in [0.15, 0.2) is 102 Å². The molecule has 5 rings (SSSR count). The summed E-state index contributed by atoms with van der Waals surface area (Å²) in [6.45, 7) is 1.75. The predicted molar refractivity (Wildman–Crippen MR) is 167 cm³/mol. The van der Waals surface area contributed by atoms with Crippen LogP contribution in [-0.2, 0) is 6.61 Å². The number of nitrogens with zero attached hydrogens (tertiary/aromatic N) is 1. The van der Waals surface area contributed by atoms with Gasteiger partial charge in [-0.15, -0.1) is 0 Å². The van der Waals surface area contributed by atoms with Crippen molar-refractivity contribution in [3.05, 3.63) is 136 Å². The summed E-state index contributed by atoms with van der Waals surface area (Å²) in [5.74, 6) is -2.13. The second kappa shape index (κ2) is 13.7. The Kier molecular flexibility index (Phi) is 9.30. The number of aromatic nitrogens is 2. The van der Waals surface area contributed by atoms with Crippen LogP contribution in [0.5, 0.6) is 11.5 Å². The van der Waals surface area contributed by atoms with Gasteiger partial charge in [0.2, 0.25) is 0 Å². The third kappa shape index (κ3) is 6.73. The molecule has 0 radical (unpaired) electrons. The molecule has 11 heteroatoms. The van der Waals surface area contributed by atoms with Crippen LogP contribution in [0.3, 0.4) is 0 Å². The highest BCUT2D eigenvalue weighted by Gasteiger charge is 2.21. The number of halogens is 2. The summed E-state index contributed by atoms with van der Waals surface area (Å²) < 4.78 is 41.4. The molecule has 0 saturated carbocycles. The molecule has 5 aromatic rings. The molecule has 0 fully saturated rings. The van der Waals surface area contributed by atoms with Crippen LogP contribution in [0, 0.1) is 17.0 Å². The second-order valence-corrected chi connectivity index (χ2v) is 9.66. The maximum atomic E-state index is 15.3. The molecule has 2 aromatic heterocycles. The Hall–Kier alpha value is -5.81. The van der Waals surface area contributed by atoms with Gasteiger partial charge in [-0.05, 0) is 72.6 Å². The van der Waals surface area contributed by atoms with E-state index in [0.29, 0.717) is 22.5 Å². The topological polar surface area (TPSA) is 129 Å². The monoisotopic (exact) mass is 610 g/mol. The van der Waals surface area contributed by atoms with E-state index in [-0.39, 0.29) is 41.7 Å². The maximum absolute atomic E-state index is 15.3. The van der Waals surface area contributed by atoms with Crippen molar-refractivity contribution >= 4 is 23.6 Å². The van der Waals surface area contributed by atoms with Crippen LogP contribution in [0.2, 0.25) is 0 Å². The van der Waals surface area contributed by atoms with Crippen molar-refractivity contribution < 1.29 is 28.2 Å². The Balaban J connectivity index is 1.41. The first kappa shape index (κ1) is 30.6. The number of aromatic amines is 1. The Bertz CT molecular complexity index is 1950. The molecule has 0 saturated heterocycles. The number of pyridine rings is 1. The standard InChI is InChI=1S/C34H28F2N4O5/c1-2-44-29-14-17-40(25-9-6-23(35)7-10-25)34(43)31(29)33(42)39-24-8-11-28(27(36)19-24)45-30(12-15-37)32-26(13-16-38-32)22-5-3-4-21(18-22)20-41/h3-19,37-38,41H,2,20H2,1H3,(H,39,42)/b30-12+,37-15?. The van der Waals surface area contributed by atoms with Gasteiger partial charge in [-0.25, -0.2) is 8.78 Å². The van der Waals surface area contributed by atoms with Gasteiger partial charge in [-0.1, -0.05) is 18.2 Å². The van der Waals surface area contributed by atoms with Crippen molar-refractivity contribution in [1.82, 2.24) is 9.55 Å². The second-order valence-electron chi connectivity index (χ2n) is 9.66. The Morgan fingerprint density at radius 3 is 2.56 bits per heavy atom. The number of aliphatic hydroxyl groups excluding tert-OH is 1. The summed E-state index contributed by atoms with van der Waals surface area (Å²) in [4.78, 5) is 29.7. The first-order valence-corrected chi connectivity index (χ1v) is 13.8. The lowest BCUT2D eigenvalue weighted by Gasteiger charge is -2.15. The minimum atomic E-state index is -0.835. The lowest BCUT2D eigenvalue weighted by Crippen LogP contribution is -2.29. The molecule has 0 spiro atoms. The average molecular weight is 611 g/mol. The number of carbonyl (C=O) groups excluding carboxylic acids is 1. The van der Waals surface area contributed by atoms with E-state index in [0.717, 1.165) is 17.8 Å². The third-order valence-electron chi connectivity index (χ3n) is 6.74. The van der Waals surface area contributed by atoms with E-state index in [1.165, 1.54) is 59.3 Å². The van der Waals surface area contributed by atoms with Gasteiger partial charge in [-0.3, -0.25) is 14.2 Å². The van der Waals surface area contributed by atoms with E-state index in [2.05, 4.69) is 10.3 Å². The third-order valence-corrected chi connectivity index (χ3v) is 6.74. The first-order chi connectivity index (χ1) is 21.8. The van der Waals surface area contributed by atoms with Crippen LogP contribution < -0.4 is 20.3 Å². The molecule has 2 heterocycles. The maximum Gasteiger partial charge on any atom is 0.271 e. The number of allylic oxidation sites excluding steroid dienone is 1. The zero-order valence-electron chi connectivity index (χ0n) is 24.0. The minimum Gasteiger partial charge on any atom is -0.493 e. The van der Waals surface area contributed by atoms with E-state index in [9.17, 15) is 19.1 Å². The molecule has 0 aliphatic carbocycles. The van der Waals surface area contributed by atoms with E-state index in [4.69, 9.17) is 14.9 Å². The van der Waals surface area contributed by atoms with Crippen molar-refractivity contribution in [3.63, 3.8) is 0 Å². The van der Waals surface area contributed by atoms with E-state index >= 15 is 4.39 Å². The lowest BCUT2D eigenvalue weighted by atomic mass is 10.0. The van der Waals surface area contributed by atoms with Crippen LogP contribution in [0.1, 0.15) is 28.5 Å². The van der Waals surface area contributed by atoms with Gasteiger partial charge in [0.05, 0.1) is 18.9 Å². The summed E-state index contributed by atoms with van der Waals surface area (Å²) >= 11 is 0. The molecule has 9 nitrogen and oxygen atoms in total. The number of hydrogen-bond donors (Lipinski definition) is 4. The zero-order valence-corrected chi connectivity index (χ0v) is 24.0. The number of rotatable bonds is 11. The lowest BCUT2D eigenvalue weighted by molar-refractivity contribution is 0.102. The van der Waals surface area contributed by atoms with E-state index in [1.54, 1.807) is 31.3 Å². The summed E-state index contributed by atoms with van der Waals surface area (Å²) in [7, 11) is 0. The van der Waals surface area contributed by atoms with Crippen LogP contribution in [0.4, 0.5) is 14.5 Å². The van der Waals surface area contributed by atoms with Gasteiger partial charge in [0.25, 0.3) is 11.5 Å². The Morgan fingerprint density at radius 1 is 1.04 bits per heavy atom. The summed E-state index contributed by atoms with van der Waals surface area (Å²) in [5, 5.41) is 19.7. The van der Waals surface area contributed by atoms with Gasteiger partial charge in [0.15, 0.2) is 17.3 Å². The Labute approximate surface area is 256 Å². The van der Waals surface area contributed by atoms with Crippen LogP contribution in [-0.4, -0.2) is 33.4 Å². The minimum absolute atomic E-state index is 0.0338. The highest BCUT2D eigenvalue weighted by molar-refractivity contribution is 6.06. The highest BCUT2D eigenvalue weighted by atomic mass is 19.1. The molecule has 1 amide bonds. The van der Waals surface area contributed by atoms with Gasteiger partial charge < -0.3 is 30.3 Å². The van der Waals surface area contributed by atoms with Gasteiger partial charge in [0.1, 0.15) is 17.1 Å². The number of aliphatic hydroxyl groups is 1. The molecule has 0 atom stereocenters. The molecular formula is C34H28F2N4O5. The van der Waals surface area contributed by atoms with Gasteiger partial charge in [-0.2, -0.15) is 0 Å². The predicted octanol–water partition coefficient (Wildman–Crippen LogP) is 6.32. The van der Waals surface area contributed by atoms with E-state index in [1.807, 2.05) is 12.1 Å². The first-order valence-electron chi connectivity index (χ1n) is 13.8. The number of hydrogen-bond acceptors (Lipinski definition) is 6. The quantitative estimate of drug-likeness (QED) is 0.103. The fourth-order valence-corrected chi connectivity index (χ4v) is 4.68. The smallest absolute Gasteiger partial charge is 0.271 e. The molecule has 228 valence electrons. The SMILES string of the molecule is CCOc1ccn(-c2ccc(F)cc2)c(=O)c1C(=O)Nc1ccc(O/C(=C/C=N)c2[nH]ccc2-c2cccc(CO)c2)c(F)c1. The molecule has 3 aromatic carbocycles. The molecule has 0 aliphatic rings. The van der Waals surface area contributed by atoms with Crippen molar-refractivity contribution in [2.75, 3.05) is 11.9 Å². The number of anilines is 1. The van der Waals surface area contributed by atoms with Crippen molar-refractivity contribution in [3.8, 4) is 28.3 Å². The molecular weight excluding hydrogens is 582 g/mol. The summed E-state index contributed by atoms with van der Waals surface area (Å²) in [6, 6.07) is 19.4. The number of benzene rings is 3. The number of ether oxygens (including phenoxy) is 2. The van der Waals surface area contributed by atoms with Gasteiger partial charge in [0, 0.05) is 47.7 Å². The molecule has 45 heavy (non-hydrogen) atoms. The van der Waals surface area contributed by atoms with Crippen LogP contribution >= 0.6 is 0 Å². The molecule has 0 aliphatic heterocycles. The van der Waals surface area contributed by atoms with Crippen molar-refractivity contribution in [2.45, 2.75) is 13.5 Å². The fraction of sp³-hybridized carbons (Fsp3) is 0.0882. The summed E-state index contributed by atoms with van der Waals surface area (Å²) in [6.07, 6.45) is 5.46. The number of carbonyl (C=O) groups is 1. The van der Waals surface area contributed by atoms with Crippen LogP contribution in [0.25, 0.3) is 22.6 Å². The number of nitrogens with one attached hydrogen (secondary N) is 3.